The van der Waals surface area contributed by atoms with Gasteiger partial charge in [-0.25, -0.2) is 18.2 Å². The van der Waals surface area contributed by atoms with Crippen LogP contribution in [0.15, 0.2) is 65.1 Å². The zero-order valence-corrected chi connectivity index (χ0v) is 16.3. The number of carbonyl (C=O) groups is 1. The van der Waals surface area contributed by atoms with E-state index in [1.165, 1.54) is 6.07 Å². The van der Waals surface area contributed by atoms with Crippen molar-refractivity contribution >= 4 is 44.1 Å². The Balaban J connectivity index is 1.61. The molecule has 7 nitrogen and oxygen atoms in total. The molecule has 0 spiro atoms. The summed E-state index contributed by atoms with van der Waals surface area (Å²) in [5.74, 6) is -1.14. The summed E-state index contributed by atoms with van der Waals surface area (Å²) in [7, 11) is -3.86. The molecule has 2 N–H and O–H groups in total. The summed E-state index contributed by atoms with van der Waals surface area (Å²) in [6, 6.07) is 16.0. The van der Waals surface area contributed by atoms with E-state index in [2.05, 4.69) is 9.71 Å². The molecule has 0 radical (unpaired) electrons. The van der Waals surface area contributed by atoms with Crippen molar-refractivity contribution < 1.29 is 18.3 Å². The predicted molar refractivity (Wildman–Crippen MR) is 108 cm³/mol. The van der Waals surface area contributed by atoms with Gasteiger partial charge >= 0.3 is 5.97 Å². The highest BCUT2D eigenvalue weighted by Crippen LogP contribution is 2.28. The van der Waals surface area contributed by atoms with Gasteiger partial charge in [-0.1, -0.05) is 12.1 Å². The predicted octanol–water partition coefficient (Wildman–Crippen LogP) is 3.89. The van der Waals surface area contributed by atoms with Crippen LogP contribution in [0.5, 0.6) is 0 Å². The standard InChI is InChI=1S/C19H15N3O4S2/c1-12-10-17(27-18(12)19(23)24)28(25,26)21-13-6-8-14(9-7-13)22-11-20-15-4-2-3-5-16(15)22/h2-11,21H,1H3,(H,23,24). The van der Waals surface area contributed by atoms with Gasteiger partial charge in [-0.15, -0.1) is 11.3 Å². The molecule has 2 aromatic carbocycles. The number of nitrogens with one attached hydrogen (secondary N) is 1. The molecule has 2 heterocycles. The Kier molecular flexibility index (Phi) is 4.40. The maximum atomic E-state index is 12.6. The molecule has 4 aromatic rings. The number of sulfonamides is 1. The summed E-state index contributed by atoms with van der Waals surface area (Å²) in [5.41, 5.74) is 3.47. The first-order valence-electron chi connectivity index (χ1n) is 8.24. The topological polar surface area (TPSA) is 101 Å². The van der Waals surface area contributed by atoms with Crippen molar-refractivity contribution in [1.82, 2.24) is 9.55 Å². The van der Waals surface area contributed by atoms with Crippen molar-refractivity contribution in [2.24, 2.45) is 0 Å². The first-order valence-corrected chi connectivity index (χ1v) is 10.5. The lowest BCUT2D eigenvalue weighted by atomic mass is 10.2. The Labute approximate surface area is 165 Å². The molecule has 0 aliphatic heterocycles. The highest BCUT2D eigenvalue weighted by Gasteiger charge is 2.21. The quantitative estimate of drug-likeness (QED) is 0.517. The lowest BCUT2D eigenvalue weighted by molar-refractivity contribution is 0.0701. The number of rotatable bonds is 5. The van der Waals surface area contributed by atoms with Crippen molar-refractivity contribution in [3.63, 3.8) is 0 Å². The number of fused-ring (bicyclic) bond motifs is 1. The van der Waals surface area contributed by atoms with Crippen molar-refractivity contribution in [1.29, 1.82) is 0 Å². The molecule has 9 heteroatoms. The van der Waals surface area contributed by atoms with Crippen molar-refractivity contribution in [2.75, 3.05) is 4.72 Å². The van der Waals surface area contributed by atoms with Gasteiger partial charge in [0.15, 0.2) is 0 Å². The second-order valence-corrected chi connectivity index (χ2v) is 9.10. The van der Waals surface area contributed by atoms with E-state index in [-0.39, 0.29) is 9.09 Å². The monoisotopic (exact) mass is 413 g/mol. The van der Waals surface area contributed by atoms with Crippen molar-refractivity contribution in [2.45, 2.75) is 11.1 Å². The number of thiophene rings is 1. The second-order valence-electron chi connectivity index (χ2n) is 6.14. The third kappa shape index (κ3) is 3.25. The molecule has 0 fully saturated rings. The van der Waals surface area contributed by atoms with Crippen molar-refractivity contribution in [3.8, 4) is 5.69 Å². The van der Waals surface area contributed by atoms with Gasteiger partial charge in [0.1, 0.15) is 15.4 Å². The van der Waals surface area contributed by atoms with E-state index in [1.54, 1.807) is 37.5 Å². The molecular formula is C19H15N3O4S2. The first kappa shape index (κ1) is 18.2. The lowest BCUT2D eigenvalue weighted by Crippen LogP contribution is -2.11. The fourth-order valence-corrected chi connectivity index (χ4v) is 5.29. The number of nitrogens with zero attached hydrogens (tertiary/aromatic N) is 2. The van der Waals surface area contributed by atoms with Gasteiger partial charge < -0.3 is 5.11 Å². The van der Waals surface area contributed by atoms with Crippen LogP contribution in [0.2, 0.25) is 0 Å². The third-order valence-corrected chi connectivity index (χ3v) is 7.29. The zero-order chi connectivity index (χ0) is 19.9. The van der Waals surface area contributed by atoms with E-state index >= 15 is 0 Å². The van der Waals surface area contributed by atoms with Gasteiger partial charge in [-0.3, -0.25) is 9.29 Å². The molecule has 0 saturated heterocycles. The Hall–Kier alpha value is -3.17. The third-order valence-electron chi connectivity index (χ3n) is 4.21. The first-order chi connectivity index (χ1) is 13.3. The summed E-state index contributed by atoms with van der Waals surface area (Å²) in [6.07, 6.45) is 1.71. The molecule has 0 saturated carbocycles. The maximum Gasteiger partial charge on any atom is 0.346 e. The van der Waals surface area contributed by atoms with Crippen LogP contribution in [0, 0.1) is 6.92 Å². The summed E-state index contributed by atoms with van der Waals surface area (Å²) in [5, 5.41) is 9.12. The molecule has 0 atom stereocenters. The molecule has 0 aliphatic rings. The van der Waals surface area contributed by atoms with Crippen LogP contribution in [0.1, 0.15) is 15.2 Å². The largest absolute Gasteiger partial charge is 0.477 e. The number of anilines is 1. The number of aryl methyl sites for hydroxylation is 1. The molecule has 0 bridgehead atoms. The molecule has 0 unspecified atom stereocenters. The second kappa shape index (κ2) is 6.77. The Morgan fingerprint density at radius 2 is 1.86 bits per heavy atom. The fraction of sp³-hybridized carbons (Fsp3) is 0.0526. The van der Waals surface area contributed by atoms with Crippen LogP contribution in [0.25, 0.3) is 16.7 Å². The van der Waals surface area contributed by atoms with Gasteiger partial charge in [-0.2, -0.15) is 0 Å². The number of hydrogen-bond donors (Lipinski definition) is 2. The SMILES string of the molecule is Cc1cc(S(=O)(=O)Nc2ccc(-n3cnc4ccccc43)cc2)sc1C(=O)O. The van der Waals surface area contributed by atoms with Crippen LogP contribution >= 0.6 is 11.3 Å². The van der Waals surface area contributed by atoms with Crippen LogP contribution in [-0.4, -0.2) is 29.0 Å². The minimum atomic E-state index is -3.86. The van der Waals surface area contributed by atoms with Gasteiger partial charge in [0.25, 0.3) is 10.0 Å². The van der Waals surface area contributed by atoms with Crippen LogP contribution in [-0.2, 0) is 10.0 Å². The number of aromatic carboxylic acids is 1. The number of hydrogen-bond acceptors (Lipinski definition) is 5. The van der Waals surface area contributed by atoms with E-state index in [9.17, 15) is 13.2 Å². The van der Waals surface area contributed by atoms with Gasteiger partial charge in [0.05, 0.1) is 11.0 Å². The number of benzene rings is 2. The van der Waals surface area contributed by atoms with Crippen LogP contribution in [0.4, 0.5) is 5.69 Å². The number of carboxylic acid groups (broad SMARTS) is 1. The average molecular weight is 413 g/mol. The molecule has 28 heavy (non-hydrogen) atoms. The van der Waals surface area contributed by atoms with Gasteiger partial charge in [0.2, 0.25) is 0 Å². The lowest BCUT2D eigenvalue weighted by Gasteiger charge is -2.08. The van der Waals surface area contributed by atoms with Gasteiger partial charge in [-0.05, 0) is 55.0 Å². The normalized spacial score (nSPS) is 11.6. The summed E-state index contributed by atoms with van der Waals surface area (Å²) in [4.78, 5) is 15.5. The summed E-state index contributed by atoms with van der Waals surface area (Å²) in [6.45, 7) is 1.57. The average Bonchev–Trinajstić information content (AvgIpc) is 3.26. The number of aromatic nitrogens is 2. The van der Waals surface area contributed by atoms with Crippen molar-refractivity contribution in [3.05, 3.63) is 71.4 Å². The Morgan fingerprint density at radius 3 is 2.54 bits per heavy atom. The highest BCUT2D eigenvalue weighted by molar-refractivity contribution is 7.94. The van der Waals surface area contributed by atoms with Gasteiger partial charge in [0, 0.05) is 11.4 Å². The van der Waals surface area contributed by atoms with E-state index in [0.717, 1.165) is 28.1 Å². The summed E-state index contributed by atoms with van der Waals surface area (Å²) >= 11 is 0.734. The number of para-hydroxylation sites is 2. The minimum Gasteiger partial charge on any atom is -0.477 e. The molecular weight excluding hydrogens is 398 g/mol. The van der Waals surface area contributed by atoms with Crippen LogP contribution in [0.3, 0.4) is 0 Å². The molecule has 0 aliphatic carbocycles. The Bertz CT molecular complexity index is 1290. The molecule has 142 valence electrons. The molecule has 4 rings (SSSR count). The molecule has 2 aromatic heterocycles. The van der Waals surface area contributed by atoms with E-state index in [0.29, 0.717) is 11.3 Å². The molecule has 0 amide bonds. The highest BCUT2D eigenvalue weighted by atomic mass is 32.2. The number of imidazole rings is 1. The Morgan fingerprint density at radius 1 is 1.14 bits per heavy atom. The van der Waals surface area contributed by atoms with E-state index in [1.807, 2.05) is 28.8 Å². The minimum absolute atomic E-state index is 0.0164. The maximum absolute atomic E-state index is 12.6. The van der Waals surface area contributed by atoms with Crippen LogP contribution < -0.4 is 4.72 Å². The van der Waals surface area contributed by atoms with E-state index < -0.39 is 16.0 Å². The van der Waals surface area contributed by atoms with E-state index in [4.69, 9.17) is 5.11 Å². The smallest absolute Gasteiger partial charge is 0.346 e. The summed E-state index contributed by atoms with van der Waals surface area (Å²) < 4.78 is 29.5. The number of carboxylic acids is 1. The fourth-order valence-electron chi connectivity index (χ4n) is 2.86. The zero-order valence-electron chi connectivity index (χ0n) is 14.7.